The zero-order valence-electron chi connectivity index (χ0n) is 15.7. The third-order valence-corrected chi connectivity index (χ3v) is 4.85. The van der Waals surface area contributed by atoms with Crippen molar-refractivity contribution < 1.29 is 24.0 Å². The maximum absolute atomic E-state index is 12.0. The van der Waals surface area contributed by atoms with Crippen molar-refractivity contribution in [2.24, 2.45) is 0 Å². The summed E-state index contributed by atoms with van der Waals surface area (Å²) in [7, 11) is 1.38. The Kier molecular flexibility index (Phi) is 7.39. The summed E-state index contributed by atoms with van der Waals surface area (Å²) < 4.78 is 10.0. The Morgan fingerprint density at radius 1 is 1.18 bits per heavy atom. The molecule has 0 spiro atoms. The molecule has 2 rings (SSSR count). The average Bonchev–Trinajstić information content (AvgIpc) is 2.66. The maximum atomic E-state index is 12.0. The fraction of sp³-hybridized carbons (Fsp3) is 0.263. The van der Waals surface area contributed by atoms with Crippen LogP contribution in [0, 0.1) is 24.0 Å². The van der Waals surface area contributed by atoms with Crippen molar-refractivity contribution in [1.29, 1.82) is 0 Å². The number of carbonyl (C=O) groups excluding carboxylic acids is 2. The van der Waals surface area contributed by atoms with E-state index in [4.69, 9.17) is 9.47 Å². The van der Waals surface area contributed by atoms with E-state index < -0.39 is 23.4 Å². The van der Waals surface area contributed by atoms with E-state index in [2.05, 4.69) is 5.32 Å². The number of nitro benzene ring substituents is 1. The Labute approximate surface area is 166 Å². The highest BCUT2D eigenvalue weighted by atomic mass is 32.2. The molecule has 9 heteroatoms. The number of hydrogen-bond donors (Lipinski definition) is 1. The van der Waals surface area contributed by atoms with Crippen LogP contribution in [0.1, 0.15) is 11.1 Å². The summed E-state index contributed by atoms with van der Waals surface area (Å²) in [4.78, 5) is 35.2. The predicted molar refractivity (Wildman–Crippen MR) is 106 cm³/mol. The second-order valence-electron chi connectivity index (χ2n) is 5.91. The van der Waals surface area contributed by atoms with Gasteiger partial charge in [0.15, 0.2) is 6.61 Å². The summed E-state index contributed by atoms with van der Waals surface area (Å²) in [5.41, 5.74) is 2.08. The minimum absolute atomic E-state index is 0.0672. The first kappa shape index (κ1) is 21.2. The molecule has 8 nitrogen and oxygen atoms in total. The van der Waals surface area contributed by atoms with Crippen LogP contribution in [-0.4, -0.2) is 36.3 Å². The minimum Gasteiger partial charge on any atom is -0.495 e. The van der Waals surface area contributed by atoms with Crippen molar-refractivity contribution in [3.63, 3.8) is 0 Å². The molecular weight excluding hydrogens is 384 g/mol. The van der Waals surface area contributed by atoms with Gasteiger partial charge in [-0.15, -0.1) is 11.8 Å². The lowest BCUT2D eigenvalue weighted by atomic mass is 10.2. The van der Waals surface area contributed by atoms with E-state index in [0.29, 0.717) is 0 Å². The number of amides is 1. The van der Waals surface area contributed by atoms with Crippen LogP contribution in [-0.2, 0) is 14.3 Å². The van der Waals surface area contributed by atoms with Crippen molar-refractivity contribution in [2.45, 2.75) is 18.7 Å². The molecule has 28 heavy (non-hydrogen) atoms. The molecule has 0 radical (unpaired) electrons. The fourth-order valence-corrected chi connectivity index (χ4v) is 3.20. The number of nitrogens with zero attached hydrogens (tertiary/aromatic N) is 1. The molecule has 2 aromatic carbocycles. The molecule has 0 saturated heterocycles. The average molecular weight is 404 g/mol. The number of methoxy groups -OCH3 is 1. The summed E-state index contributed by atoms with van der Waals surface area (Å²) in [6, 6.07) is 9.76. The van der Waals surface area contributed by atoms with Gasteiger partial charge in [-0.05, 0) is 31.5 Å². The second-order valence-corrected chi connectivity index (χ2v) is 6.93. The number of hydrogen-bond acceptors (Lipinski definition) is 7. The molecule has 0 unspecified atom stereocenters. The van der Waals surface area contributed by atoms with E-state index in [1.807, 2.05) is 32.0 Å². The first-order valence-electron chi connectivity index (χ1n) is 8.28. The first-order chi connectivity index (χ1) is 13.3. The Hall–Kier alpha value is -3.07. The molecule has 0 saturated carbocycles. The van der Waals surface area contributed by atoms with Gasteiger partial charge in [0.2, 0.25) is 0 Å². The molecule has 0 aliphatic rings. The van der Waals surface area contributed by atoms with Crippen molar-refractivity contribution in [3.05, 3.63) is 57.6 Å². The molecule has 0 aliphatic heterocycles. The van der Waals surface area contributed by atoms with Crippen LogP contribution in [0.15, 0.2) is 41.3 Å². The van der Waals surface area contributed by atoms with Crippen molar-refractivity contribution in [2.75, 3.05) is 24.8 Å². The van der Waals surface area contributed by atoms with Crippen molar-refractivity contribution in [3.8, 4) is 5.75 Å². The predicted octanol–water partition coefficient (Wildman–Crippen LogP) is 3.49. The van der Waals surface area contributed by atoms with Gasteiger partial charge in [-0.2, -0.15) is 0 Å². The summed E-state index contributed by atoms with van der Waals surface area (Å²) in [6.07, 6.45) is 0. The number of esters is 1. The van der Waals surface area contributed by atoms with Gasteiger partial charge in [-0.1, -0.05) is 17.7 Å². The van der Waals surface area contributed by atoms with E-state index in [0.717, 1.165) is 16.0 Å². The van der Waals surface area contributed by atoms with Gasteiger partial charge in [0.05, 0.1) is 23.5 Å². The molecule has 148 valence electrons. The van der Waals surface area contributed by atoms with Gasteiger partial charge in [0.1, 0.15) is 5.75 Å². The fourth-order valence-electron chi connectivity index (χ4n) is 2.28. The third kappa shape index (κ3) is 5.98. The van der Waals surface area contributed by atoms with E-state index in [1.165, 1.54) is 37.1 Å². The van der Waals surface area contributed by atoms with Crippen LogP contribution in [0.25, 0.3) is 0 Å². The molecule has 0 fully saturated rings. The van der Waals surface area contributed by atoms with Crippen LogP contribution in [0.5, 0.6) is 5.75 Å². The summed E-state index contributed by atoms with van der Waals surface area (Å²) in [5.74, 6) is -0.829. The van der Waals surface area contributed by atoms with Gasteiger partial charge in [0, 0.05) is 17.0 Å². The van der Waals surface area contributed by atoms with Gasteiger partial charge in [-0.3, -0.25) is 19.7 Å². The number of nitrogens with one attached hydrogen (secondary N) is 1. The third-order valence-electron chi connectivity index (χ3n) is 3.72. The molecule has 0 bridgehead atoms. The molecule has 1 N–H and O–H groups in total. The maximum Gasteiger partial charge on any atom is 0.316 e. The van der Waals surface area contributed by atoms with Crippen molar-refractivity contribution in [1.82, 2.24) is 0 Å². The molecule has 0 aliphatic carbocycles. The number of aryl methyl sites for hydroxylation is 2. The largest absolute Gasteiger partial charge is 0.495 e. The first-order valence-corrected chi connectivity index (χ1v) is 9.26. The van der Waals surface area contributed by atoms with Gasteiger partial charge >= 0.3 is 5.97 Å². The quantitative estimate of drug-likeness (QED) is 0.310. The Morgan fingerprint density at radius 3 is 2.61 bits per heavy atom. The van der Waals surface area contributed by atoms with Crippen LogP contribution in [0.3, 0.4) is 0 Å². The topological polar surface area (TPSA) is 108 Å². The summed E-state index contributed by atoms with van der Waals surface area (Å²) in [6.45, 7) is 3.42. The molecule has 1 amide bonds. The molecular formula is C19H20N2O6S. The number of rotatable bonds is 8. The highest BCUT2D eigenvalue weighted by Gasteiger charge is 2.15. The number of nitro groups is 1. The Morgan fingerprint density at radius 2 is 1.93 bits per heavy atom. The SMILES string of the molecule is COc1ccc([N+](=O)[O-])cc1NC(=O)COC(=O)CSc1cc(C)ccc1C. The highest BCUT2D eigenvalue weighted by Crippen LogP contribution is 2.28. The number of thioether (sulfide) groups is 1. The normalized spacial score (nSPS) is 10.2. The highest BCUT2D eigenvalue weighted by molar-refractivity contribution is 8.00. The number of benzene rings is 2. The number of carbonyl (C=O) groups is 2. The lowest BCUT2D eigenvalue weighted by molar-refractivity contribution is -0.384. The smallest absolute Gasteiger partial charge is 0.316 e. The van der Waals surface area contributed by atoms with Crippen LogP contribution < -0.4 is 10.1 Å². The summed E-state index contributed by atoms with van der Waals surface area (Å²) >= 11 is 1.33. The Balaban J connectivity index is 1.88. The Bertz CT molecular complexity index is 900. The lowest BCUT2D eigenvalue weighted by Gasteiger charge is -2.10. The number of ether oxygens (including phenoxy) is 2. The van der Waals surface area contributed by atoms with Gasteiger partial charge < -0.3 is 14.8 Å². The second kappa shape index (κ2) is 9.75. The van der Waals surface area contributed by atoms with Gasteiger partial charge in [0.25, 0.3) is 11.6 Å². The van der Waals surface area contributed by atoms with E-state index >= 15 is 0 Å². The molecule has 0 atom stereocenters. The number of non-ortho nitro benzene ring substituents is 1. The van der Waals surface area contributed by atoms with Crippen LogP contribution in [0.2, 0.25) is 0 Å². The van der Waals surface area contributed by atoms with E-state index in [-0.39, 0.29) is 22.9 Å². The zero-order chi connectivity index (χ0) is 20.7. The standard InChI is InChI=1S/C19H20N2O6S/c1-12-4-5-13(2)17(8-12)28-11-19(23)27-10-18(22)20-15-9-14(21(24)25)6-7-16(15)26-3/h4-9H,10-11H2,1-3H3,(H,20,22). The van der Waals surface area contributed by atoms with E-state index in [1.54, 1.807) is 0 Å². The monoisotopic (exact) mass is 404 g/mol. The molecule has 0 heterocycles. The summed E-state index contributed by atoms with van der Waals surface area (Å²) in [5, 5.41) is 13.3. The van der Waals surface area contributed by atoms with Crippen LogP contribution in [0.4, 0.5) is 11.4 Å². The van der Waals surface area contributed by atoms with Crippen molar-refractivity contribution >= 4 is 35.0 Å². The lowest BCUT2D eigenvalue weighted by Crippen LogP contribution is -2.22. The molecule has 0 aromatic heterocycles. The zero-order valence-corrected chi connectivity index (χ0v) is 16.5. The number of anilines is 1. The van der Waals surface area contributed by atoms with Gasteiger partial charge in [-0.25, -0.2) is 0 Å². The van der Waals surface area contributed by atoms with Crippen LogP contribution >= 0.6 is 11.8 Å². The minimum atomic E-state index is -0.621. The molecule has 2 aromatic rings. The van der Waals surface area contributed by atoms with E-state index in [9.17, 15) is 19.7 Å².